The number of furan rings is 1. The van der Waals surface area contributed by atoms with Crippen LogP contribution in [0.4, 0.5) is 0 Å². The third kappa shape index (κ3) is 3.12. The molecule has 0 spiro atoms. The predicted octanol–water partition coefficient (Wildman–Crippen LogP) is 1.63. The third-order valence-electron chi connectivity index (χ3n) is 3.22. The molecular weight excluding hydrogens is 352 g/mol. The van der Waals surface area contributed by atoms with Crippen LogP contribution in [0, 0.1) is 14.4 Å². The molecule has 0 bridgehead atoms. The van der Waals surface area contributed by atoms with Crippen LogP contribution in [0.15, 0.2) is 40.5 Å². The fourth-order valence-corrected chi connectivity index (χ4v) is 3.17. The highest BCUT2D eigenvalue weighted by molar-refractivity contribution is 7.73. The second-order valence-corrected chi connectivity index (χ2v) is 6.43. The van der Waals surface area contributed by atoms with Gasteiger partial charge in [-0.05, 0) is 30.4 Å². The highest BCUT2D eigenvalue weighted by atomic mass is 32.1. The van der Waals surface area contributed by atoms with Crippen molar-refractivity contribution in [3.63, 3.8) is 0 Å². The van der Waals surface area contributed by atoms with Crippen LogP contribution in [0.3, 0.4) is 0 Å². The molecule has 0 atom stereocenters. The zero-order valence-corrected chi connectivity index (χ0v) is 13.9. The summed E-state index contributed by atoms with van der Waals surface area (Å²) in [4.78, 5) is 2.70. The average Bonchev–Trinajstić information content (AvgIpc) is 3.13. The molecule has 0 radical (unpaired) electrons. The van der Waals surface area contributed by atoms with Crippen molar-refractivity contribution in [2.24, 2.45) is 0 Å². The van der Waals surface area contributed by atoms with Gasteiger partial charge in [0, 0.05) is 12.2 Å². The lowest BCUT2D eigenvalue weighted by Gasteiger charge is -2.12. The van der Waals surface area contributed by atoms with E-state index in [4.69, 9.17) is 21.4 Å². The topological polar surface area (TPSA) is 108 Å². The van der Waals surface area contributed by atoms with E-state index in [1.54, 1.807) is 24.3 Å². The smallest absolute Gasteiger partial charge is 0.226 e. The summed E-state index contributed by atoms with van der Waals surface area (Å²) in [7, 11) is 1.43. The zero-order chi connectivity index (χ0) is 17.3. The Labute approximate surface area is 144 Å². The molecule has 2 aromatic heterocycles. The number of ether oxygens (including phenoxy) is 1. The fraction of sp³-hybridized carbons (Fsp3) is 0.0667. The van der Waals surface area contributed by atoms with Crippen molar-refractivity contribution in [2.75, 3.05) is 7.11 Å². The number of methoxy groups -OCH3 is 1. The fourth-order valence-electron chi connectivity index (χ4n) is 2.13. The van der Waals surface area contributed by atoms with Crippen LogP contribution in [-0.2, 0) is 4.74 Å². The van der Waals surface area contributed by atoms with E-state index in [2.05, 4.69) is 4.98 Å². The highest BCUT2D eigenvalue weighted by Crippen LogP contribution is 2.21. The number of rotatable bonds is 2. The lowest BCUT2D eigenvalue weighted by Crippen LogP contribution is -2.14. The van der Waals surface area contributed by atoms with Gasteiger partial charge in [-0.1, -0.05) is 0 Å². The van der Waals surface area contributed by atoms with Gasteiger partial charge < -0.3 is 29.7 Å². The Morgan fingerprint density at radius 2 is 2.17 bits per heavy atom. The number of aromatic hydroxyl groups is 1. The summed E-state index contributed by atoms with van der Waals surface area (Å²) in [5.74, 6) is 0.320. The highest BCUT2D eigenvalue weighted by Gasteiger charge is 2.15. The molecule has 0 saturated carbocycles. The van der Waals surface area contributed by atoms with Crippen molar-refractivity contribution < 1.29 is 19.2 Å². The molecule has 0 aliphatic heterocycles. The Bertz CT molecular complexity index is 1050. The molecule has 0 aromatic carbocycles. The molecule has 124 valence electrons. The number of nitrogens with zero attached hydrogens (tertiary/aromatic N) is 1. The first-order valence-electron chi connectivity index (χ1n) is 6.67. The molecule has 3 rings (SSSR count). The van der Waals surface area contributed by atoms with Gasteiger partial charge in [-0.25, -0.2) is 0 Å². The lowest BCUT2D eigenvalue weighted by molar-refractivity contribution is -0.377. The maximum absolute atomic E-state index is 10.8. The Morgan fingerprint density at radius 1 is 1.38 bits per heavy atom. The number of H-pyrrole nitrogens is 1. The Balaban J connectivity index is 2.10. The SMILES string of the molecule is COC1=CC(=[N+]([O-])[O-])C=CC1=c1ccc(=Cc2sc(=S)[nH]c2O)o1. The summed E-state index contributed by atoms with van der Waals surface area (Å²) in [6.45, 7) is 0. The van der Waals surface area contributed by atoms with Crippen LogP contribution in [0.2, 0.25) is 0 Å². The van der Waals surface area contributed by atoms with Gasteiger partial charge in [-0.3, -0.25) is 0 Å². The van der Waals surface area contributed by atoms with Crippen LogP contribution in [0.1, 0.15) is 4.88 Å². The van der Waals surface area contributed by atoms with Crippen LogP contribution >= 0.6 is 23.6 Å². The monoisotopic (exact) mass is 363 g/mol. The van der Waals surface area contributed by atoms with Gasteiger partial charge in [0.2, 0.25) is 11.6 Å². The molecule has 24 heavy (non-hydrogen) atoms. The molecule has 0 amide bonds. The molecular formula is C15H11N2O5S2-. The predicted molar refractivity (Wildman–Crippen MR) is 92.3 cm³/mol. The maximum Gasteiger partial charge on any atom is 0.226 e. The second-order valence-electron chi connectivity index (χ2n) is 4.72. The largest absolute Gasteiger partial charge is 0.612 e. The van der Waals surface area contributed by atoms with Crippen molar-refractivity contribution in [1.82, 2.24) is 4.98 Å². The lowest BCUT2D eigenvalue weighted by atomic mass is 10.1. The van der Waals surface area contributed by atoms with Crippen molar-refractivity contribution in [3.05, 3.63) is 66.2 Å². The summed E-state index contributed by atoms with van der Waals surface area (Å²) < 4.78 is 11.4. The molecule has 1 aliphatic rings. The number of aromatic nitrogens is 1. The Morgan fingerprint density at radius 3 is 2.79 bits per heavy atom. The number of nitrogens with one attached hydrogen (secondary N) is 1. The Hall–Kier alpha value is -2.78. The quantitative estimate of drug-likeness (QED) is 0.477. The van der Waals surface area contributed by atoms with E-state index in [0.717, 1.165) is 0 Å². The van der Waals surface area contributed by atoms with Crippen molar-refractivity contribution in [1.29, 1.82) is 0 Å². The van der Waals surface area contributed by atoms with Crippen molar-refractivity contribution in [2.45, 2.75) is 0 Å². The van der Waals surface area contributed by atoms with Gasteiger partial charge in [0.25, 0.3) is 0 Å². The van der Waals surface area contributed by atoms with Gasteiger partial charge in [0.05, 0.1) is 23.6 Å². The van der Waals surface area contributed by atoms with E-state index in [1.807, 2.05) is 0 Å². The van der Waals surface area contributed by atoms with Gasteiger partial charge in [-0.15, -0.1) is 11.3 Å². The average molecular weight is 363 g/mol. The van der Waals surface area contributed by atoms with E-state index < -0.39 is 4.90 Å². The summed E-state index contributed by atoms with van der Waals surface area (Å²) in [6, 6.07) is 3.44. The van der Waals surface area contributed by atoms with E-state index in [9.17, 15) is 15.5 Å². The van der Waals surface area contributed by atoms with E-state index in [-0.39, 0.29) is 11.6 Å². The van der Waals surface area contributed by atoms with Crippen molar-refractivity contribution in [3.8, 4) is 5.88 Å². The third-order valence-corrected chi connectivity index (χ3v) is 4.39. The molecule has 9 heteroatoms. The second kappa shape index (κ2) is 6.38. The first-order valence-corrected chi connectivity index (χ1v) is 7.90. The number of aromatic amines is 1. The minimum Gasteiger partial charge on any atom is -0.612 e. The molecule has 0 unspecified atom stereocenters. The number of hydrogen-bond donors (Lipinski definition) is 2. The normalized spacial score (nSPS) is 17.1. The maximum atomic E-state index is 10.8. The van der Waals surface area contributed by atoms with Crippen LogP contribution in [-0.4, -0.2) is 27.8 Å². The number of allylic oxidation sites excluding steroid dienone is 3. The zero-order valence-electron chi connectivity index (χ0n) is 12.3. The minimum atomic E-state index is -0.490. The van der Waals surface area contributed by atoms with E-state index in [1.165, 1.54) is 30.6 Å². The first-order chi connectivity index (χ1) is 11.5. The van der Waals surface area contributed by atoms with Crippen LogP contribution in [0.5, 0.6) is 5.88 Å². The molecule has 2 heterocycles. The molecule has 7 nitrogen and oxygen atoms in total. The van der Waals surface area contributed by atoms with Crippen LogP contribution < -0.4 is 10.8 Å². The van der Waals surface area contributed by atoms with Gasteiger partial charge in [0.1, 0.15) is 16.6 Å². The molecule has 0 saturated heterocycles. The molecule has 2 aromatic rings. The van der Waals surface area contributed by atoms with Gasteiger partial charge in [0.15, 0.2) is 3.95 Å². The summed E-state index contributed by atoms with van der Waals surface area (Å²) >= 11 is 6.19. The molecule has 0 fully saturated rings. The van der Waals surface area contributed by atoms with E-state index >= 15 is 0 Å². The van der Waals surface area contributed by atoms with Crippen molar-refractivity contribution >= 4 is 40.9 Å². The summed E-state index contributed by atoms with van der Waals surface area (Å²) in [5, 5.41) is 31.4. The van der Waals surface area contributed by atoms with Crippen LogP contribution in [0.25, 0.3) is 11.6 Å². The van der Waals surface area contributed by atoms with Gasteiger partial charge >= 0.3 is 0 Å². The first kappa shape index (κ1) is 16.1. The minimum absolute atomic E-state index is 0.0177. The van der Waals surface area contributed by atoms with Gasteiger partial charge in [-0.2, -0.15) is 4.90 Å². The number of thiazole rings is 1. The summed E-state index contributed by atoms with van der Waals surface area (Å²) in [5.41, 5.74) is 1.53. The molecule has 1 aliphatic carbocycles. The van der Waals surface area contributed by atoms with E-state index in [0.29, 0.717) is 31.0 Å². The standard InChI is InChI=1S/C15H11N2O5S2/c1-21-12-6-8(17(19)20)2-4-10(12)11-5-3-9(22-11)7-13-14(18)16-15(23)24-13/h2-7H,1H3,(H2-,16,18,19,20,23)/q-1. The Kier molecular flexibility index (Phi) is 4.28. The summed E-state index contributed by atoms with van der Waals surface area (Å²) in [6.07, 6.45) is 5.93. The number of hydrogen-bond acceptors (Lipinski definition) is 7. The molecule has 2 N–H and O–H groups in total.